The van der Waals surface area contributed by atoms with E-state index in [4.69, 9.17) is 5.73 Å². The Hall–Kier alpha value is -1.10. The highest BCUT2D eigenvalue weighted by Gasteiger charge is 2.41. The summed E-state index contributed by atoms with van der Waals surface area (Å²) < 4.78 is 0. The molecule has 1 aliphatic rings. The maximum absolute atomic E-state index is 12.1. The lowest BCUT2D eigenvalue weighted by Crippen LogP contribution is -2.57. The molecule has 1 aliphatic carbocycles. The lowest BCUT2D eigenvalue weighted by molar-refractivity contribution is -0.150. The Balaban J connectivity index is 2.71. The van der Waals surface area contributed by atoms with Crippen LogP contribution in [0.4, 0.5) is 0 Å². The van der Waals surface area contributed by atoms with E-state index in [2.05, 4.69) is 5.32 Å². The smallest absolute Gasteiger partial charge is 0.329 e. The fraction of sp³-hybridized carbons (Fsp3) is 0.846. The SMILES string of the molecule is CCCC(CN)C(=O)NC1(C(=O)O)CCCCC1. The Kier molecular flexibility index (Phi) is 5.59. The number of carbonyl (C=O) groups is 2. The molecule has 1 amide bonds. The summed E-state index contributed by atoms with van der Waals surface area (Å²) in [4.78, 5) is 23.5. The Morgan fingerprint density at radius 2 is 1.94 bits per heavy atom. The molecule has 4 N–H and O–H groups in total. The Morgan fingerprint density at radius 3 is 2.39 bits per heavy atom. The van der Waals surface area contributed by atoms with Crippen molar-refractivity contribution in [3.05, 3.63) is 0 Å². The molecule has 1 atom stereocenters. The molecule has 18 heavy (non-hydrogen) atoms. The summed E-state index contributed by atoms with van der Waals surface area (Å²) in [5.74, 6) is -1.39. The van der Waals surface area contributed by atoms with Crippen LogP contribution in [0, 0.1) is 5.92 Å². The molecular weight excluding hydrogens is 232 g/mol. The third-order valence-corrected chi connectivity index (χ3v) is 3.77. The van der Waals surface area contributed by atoms with Crippen molar-refractivity contribution in [3.8, 4) is 0 Å². The van der Waals surface area contributed by atoms with Gasteiger partial charge in [-0.15, -0.1) is 0 Å². The minimum absolute atomic E-state index is 0.205. The highest BCUT2D eigenvalue weighted by Crippen LogP contribution is 2.29. The van der Waals surface area contributed by atoms with E-state index in [1.165, 1.54) is 0 Å². The van der Waals surface area contributed by atoms with Gasteiger partial charge >= 0.3 is 5.97 Å². The van der Waals surface area contributed by atoms with Gasteiger partial charge in [-0.1, -0.05) is 32.6 Å². The van der Waals surface area contributed by atoms with Crippen LogP contribution >= 0.6 is 0 Å². The maximum Gasteiger partial charge on any atom is 0.329 e. The first-order valence-corrected chi connectivity index (χ1v) is 6.81. The van der Waals surface area contributed by atoms with E-state index in [0.29, 0.717) is 19.3 Å². The van der Waals surface area contributed by atoms with Crippen molar-refractivity contribution < 1.29 is 14.7 Å². The first kappa shape index (κ1) is 15.0. The zero-order valence-electron chi connectivity index (χ0n) is 11.1. The minimum atomic E-state index is -1.06. The van der Waals surface area contributed by atoms with Gasteiger partial charge in [0.05, 0.1) is 5.92 Å². The number of hydrogen-bond donors (Lipinski definition) is 3. The van der Waals surface area contributed by atoms with Gasteiger partial charge in [-0.05, 0) is 19.3 Å². The molecule has 104 valence electrons. The first-order valence-electron chi connectivity index (χ1n) is 6.81. The van der Waals surface area contributed by atoms with Crippen molar-refractivity contribution in [1.82, 2.24) is 5.32 Å². The molecule has 1 fully saturated rings. The summed E-state index contributed by atoms with van der Waals surface area (Å²) >= 11 is 0. The van der Waals surface area contributed by atoms with Crippen LogP contribution in [-0.4, -0.2) is 29.1 Å². The molecule has 0 radical (unpaired) electrons. The molecule has 5 heteroatoms. The van der Waals surface area contributed by atoms with Crippen molar-refractivity contribution in [1.29, 1.82) is 0 Å². The van der Waals surface area contributed by atoms with Gasteiger partial charge in [-0.25, -0.2) is 4.79 Å². The van der Waals surface area contributed by atoms with E-state index in [1.54, 1.807) is 0 Å². The van der Waals surface area contributed by atoms with E-state index in [-0.39, 0.29) is 18.4 Å². The van der Waals surface area contributed by atoms with Crippen LogP contribution in [0.25, 0.3) is 0 Å². The monoisotopic (exact) mass is 256 g/mol. The summed E-state index contributed by atoms with van der Waals surface area (Å²) in [5.41, 5.74) is 4.52. The van der Waals surface area contributed by atoms with Crippen LogP contribution in [0.5, 0.6) is 0 Å². The number of nitrogens with one attached hydrogen (secondary N) is 1. The predicted molar refractivity (Wildman–Crippen MR) is 69.0 cm³/mol. The van der Waals surface area contributed by atoms with Crippen LogP contribution in [0.2, 0.25) is 0 Å². The lowest BCUT2D eigenvalue weighted by atomic mass is 9.81. The number of carboxylic acids is 1. The molecule has 1 saturated carbocycles. The number of rotatable bonds is 6. The third-order valence-electron chi connectivity index (χ3n) is 3.77. The summed E-state index contributed by atoms with van der Waals surface area (Å²) in [5, 5.41) is 12.1. The molecule has 0 aliphatic heterocycles. The van der Waals surface area contributed by atoms with Crippen molar-refractivity contribution in [2.45, 2.75) is 57.4 Å². The van der Waals surface area contributed by atoms with E-state index >= 15 is 0 Å². The molecule has 0 saturated heterocycles. The molecule has 0 aromatic rings. The summed E-state index contributed by atoms with van der Waals surface area (Å²) in [6.45, 7) is 2.26. The Labute approximate surface area is 108 Å². The van der Waals surface area contributed by atoms with E-state index in [9.17, 15) is 14.7 Å². The zero-order valence-corrected chi connectivity index (χ0v) is 11.1. The normalized spacial score (nSPS) is 20.1. The lowest BCUT2D eigenvalue weighted by Gasteiger charge is -2.35. The molecule has 0 aromatic heterocycles. The predicted octanol–water partition coefficient (Wildman–Crippen LogP) is 1.27. The van der Waals surface area contributed by atoms with Crippen molar-refractivity contribution in [2.24, 2.45) is 11.7 Å². The second kappa shape index (κ2) is 6.73. The highest BCUT2D eigenvalue weighted by molar-refractivity contribution is 5.88. The van der Waals surface area contributed by atoms with Crippen LogP contribution in [0.1, 0.15) is 51.9 Å². The van der Waals surface area contributed by atoms with Crippen molar-refractivity contribution in [3.63, 3.8) is 0 Å². The van der Waals surface area contributed by atoms with Gasteiger partial charge in [-0.2, -0.15) is 0 Å². The quantitative estimate of drug-likeness (QED) is 0.667. The van der Waals surface area contributed by atoms with E-state index in [0.717, 1.165) is 25.7 Å². The average Bonchev–Trinajstić information content (AvgIpc) is 2.36. The molecule has 0 heterocycles. The van der Waals surface area contributed by atoms with Crippen molar-refractivity contribution in [2.75, 3.05) is 6.54 Å². The molecule has 1 unspecified atom stereocenters. The second-order valence-electron chi connectivity index (χ2n) is 5.16. The molecule has 5 nitrogen and oxygen atoms in total. The van der Waals surface area contributed by atoms with Crippen LogP contribution in [0.3, 0.4) is 0 Å². The molecule has 0 aromatic carbocycles. The molecule has 1 rings (SSSR count). The first-order chi connectivity index (χ1) is 8.55. The largest absolute Gasteiger partial charge is 0.480 e. The van der Waals surface area contributed by atoms with Gasteiger partial charge in [0.1, 0.15) is 5.54 Å². The minimum Gasteiger partial charge on any atom is -0.480 e. The van der Waals surface area contributed by atoms with Gasteiger partial charge in [-0.3, -0.25) is 4.79 Å². The van der Waals surface area contributed by atoms with Gasteiger partial charge in [0, 0.05) is 6.54 Å². The number of aliphatic carboxylic acids is 1. The summed E-state index contributed by atoms with van der Waals surface area (Å²) in [6, 6.07) is 0. The van der Waals surface area contributed by atoms with E-state index < -0.39 is 11.5 Å². The number of amides is 1. The van der Waals surface area contributed by atoms with E-state index in [1.807, 2.05) is 6.92 Å². The molecular formula is C13H24N2O3. The van der Waals surface area contributed by atoms with Gasteiger partial charge in [0.2, 0.25) is 5.91 Å². The third kappa shape index (κ3) is 3.45. The topological polar surface area (TPSA) is 92.4 Å². The number of carboxylic acid groups (broad SMARTS) is 1. The fourth-order valence-corrected chi connectivity index (χ4v) is 2.59. The van der Waals surface area contributed by atoms with Crippen LogP contribution < -0.4 is 11.1 Å². The number of carbonyl (C=O) groups excluding carboxylic acids is 1. The number of nitrogens with two attached hydrogens (primary N) is 1. The molecule has 0 spiro atoms. The average molecular weight is 256 g/mol. The Morgan fingerprint density at radius 1 is 1.33 bits per heavy atom. The van der Waals surface area contributed by atoms with Crippen LogP contribution in [-0.2, 0) is 9.59 Å². The number of hydrogen-bond acceptors (Lipinski definition) is 3. The second-order valence-corrected chi connectivity index (χ2v) is 5.16. The molecule has 0 bridgehead atoms. The fourth-order valence-electron chi connectivity index (χ4n) is 2.59. The van der Waals surface area contributed by atoms with Gasteiger partial charge < -0.3 is 16.2 Å². The summed E-state index contributed by atoms with van der Waals surface area (Å²) in [7, 11) is 0. The zero-order chi connectivity index (χ0) is 13.6. The standard InChI is InChI=1S/C13H24N2O3/c1-2-6-10(9-14)11(16)15-13(12(17)18)7-4-3-5-8-13/h10H,2-9,14H2,1H3,(H,15,16)(H,17,18). The Bertz CT molecular complexity index is 299. The van der Waals surface area contributed by atoms with Gasteiger partial charge in [0.25, 0.3) is 0 Å². The van der Waals surface area contributed by atoms with Crippen LogP contribution in [0.15, 0.2) is 0 Å². The maximum atomic E-state index is 12.1. The summed E-state index contributed by atoms with van der Waals surface area (Å²) in [6.07, 6.45) is 5.38. The van der Waals surface area contributed by atoms with Gasteiger partial charge in [0.15, 0.2) is 0 Å². The highest BCUT2D eigenvalue weighted by atomic mass is 16.4. The van der Waals surface area contributed by atoms with Crippen molar-refractivity contribution >= 4 is 11.9 Å².